The number of rotatable bonds is 5. The first-order valence-corrected chi connectivity index (χ1v) is 9.39. The van der Waals surface area contributed by atoms with Crippen molar-refractivity contribution < 1.29 is 18.9 Å². The van der Waals surface area contributed by atoms with Crippen molar-refractivity contribution in [1.29, 1.82) is 0 Å². The van der Waals surface area contributed by atoms with Crippen LogP contribution in [0.25, 0.3) is 11.1 Å². The minimum atomic E-state index is 0.733. The molecule has 0 amide bonds. The number of ether oxygens (including phenoxy) is 4. The average molecular weight is 554 g/mol. The summed E-state index contributed by atoms with van der Waals surface area (Å²) in [5.74, 6) is 2.96. The molecule has 6 heteroatoms. The molecule has 0 N–H and O–H groups in total. The van der Waals surface area contributed by atoms with E-state index in [1.54, 1.807) is 28.4 Å². The lowest BCUT2D eigenvalue weighted by Gasteiger charge is -2.21. The third-order valence-corrected chi connectivity index (χ3v) is 5.67. The van der Waals surface area contributed by atoms with Gasteiger partial charge in [0, 0.05) is 29.4 Å². The summed E-state index contributed by atoms with van der Waals surface area (Å²) < 4.78 is 24.3. The Morgan fingerprint density at radius 1 is 0.625 bits per heavy atom. The molecule has 2 aromatic carbocycles. The largest absolute Gasteiger partial charge is 0.493 e. The zero-order valence-electron chi connectivity index (χ0n) is 14.5. The third kappa shape index (κ3) is 3.26. The van der Waals surface area contributed by atoms with Crippen LogP contribution in [0.4, 0.5) is 0 Å². The topological polar surface area (TPSA) is 36.9 Å². The summed E-state index contributed by atoms with van der Waals surface area (Å²) in [5.41, 5.74) is 4.32. The van der Waals surface area contributed by atoms with E-state index in [2.05, 4.69) is 45.2 Å². The van der Waals surface area contributed by atoms with E-state index in [1.165, 1.54) is 0 Å². The Labute approximate surface area is 170 Å². The average Bonchev–Trinajstić information content (AvgIpc) is 2.56. The SMILES string of the molecule is COc1cc(I)c(-c2c(I)cc(OC)c(OC)c2C)c(C)c1OC. The lowest BCUT2D eigenvalue weighted by molar-refractivity contribution is 0.352. The smallest absolute Gasteiger partial charge is 0.164 e. The Bertz CT molecular complexity index is 707. The maximum atomic E-state index is 5.58. The molecule has 130 valence electrons. The molecule has 0 saturated carbocycles. The van der Waals surface area contributed by atoms with E-state index in [0.717, 1.165) is 52.4 Å². The van der Waals surface area contributed by atoms with Crippen molar-refractivity contribution in [2.45, 2.75) is 13.8 Å². The van der Waals surface area contributed by atoms with Crippen molar-refractivity contribution in [3.8, 4) is 34.1 Å². The van der Waals surface area contributed by atoms with Crippen LogP contribution in [0.2, 0.25) is 0 Å². The van der Waals surface area contributed by atoms with Crippen molar-refractivity contribution in [2.75, 3.05) is 28.4 Å². The molecule has 2 rings (SSSR count). The number of hydrogen-bond donors (Lipinski definition) is 0. The molecule has 2 aromatic rings. The van der Waals surface area contributed by atoms with Gasteiger partial charge in [-0.15, -0.1) is 0 Å². The molecular formula is C18H20I2O4. The van der Waals surface area contributed by atoms with E-state index in [1.807, 2.05) is 26.0 Å². The van der Waals surface area contributed by atoms with Crippen LogP contribution in [0.5, 0.6) is 23.0 Å². The molecule has 0 bridgehead atoms. The summed E-state index contributed by atoms with van der Waals surface area (Å²) in [4.78, 5) is 0. The van der Waals surface area contributed by atoms with Gasteiger partial charge in [-0.1, -0.05) is 0 Å². The first-order valence-electron chi connectivity index (χ1n) is 7.23. The van der Waals surface area contributed by atoms with Crippen molar-refractivity contribution in [3.05, 3.63) is 30.4 Å². The second-order valence-electron chi connectivity index (χ2n) is 5.19. The highest BCUT2D eigenvalue weighted by Gasteiger charge is 2.23. The van der Waals surface area contributed by atoms with Gasteiger partial charge in [-0.25, -0.2) is 0 Å². The van der Waals surface area contributed by atoms with Gasteiger partial charge in [-0.3, -0.25) is 0 Å². The molecule has 0 saturated heterocycles. The zero-order valence-corrected chi connectivity index (χ0v) is 18.9. The predicted molar refractivity (Wildman–Crippen MR) is 113 cm³/mol. The third-order valence-electron chi connectivity index (χ3n) is 3.97. The van der Waals surface area contributed by atoms with Crippen molar-refractivity contribution in [2.24, 2.45) is 0 Å². The number of halogens is 2. The Balaban J connectivity index is 2.87. The molecule has 0 radical (unpaired) electrons. The van der Waals surface area contributed by atoms with Crippen LogP contribution in [0.15, 0.2) is 12.1 Å². The van der Waals surface area contributed by atoms with E-state index < -0.39 is 0 Å². The molecule has 0 aliphatic carbocycles. The summed E-state index contributed by atoms with van der Waals surface area (Å²) in [6.45, 7) is 4.09. The van der Waals surface area contributed by atoms with Crippen molar-refractivity contribution in [3.63, 3.8) is 0 Å². The first kappa shape index (κ1) is 19.4. The van der Waals surface area contributed by atoms with Gasteiger partial charge in [0.15, 0.2) is 23.0 Å². The van der Waals surface area contributed by atoms with Crippen LogP contribution in [0, 0.1) is 21.0 Å². The fourth-order valence-electron chi connectivity index (χ4n) is 2.88. The van der Waals surface area contributed by atoms with Gasteiger partial charge in [-0.2, -0.15) is 0 Å². The molecule has 0 fully saturated rings. The number of hydrogen-bond acceptors (Lipinski definition) is 4. The van der Waals surface area contributed by atoms with Crippen LogP contribution in [0.1, 0.15) is 11.1 Å². The normalized spacial score (nSPS) is 10.5. The molecular weight excluding hydrogens is 534 g/mol. The molecule has 0 spiro atoms. The van der Waals surface area contributed by atoms with E-state index >= 15 is 0 Å². The highest BCUT2D eigenvalue weighted by Crippen LogP contribution is 2.47. The predicted octanol–water partition coefficient (Wildman–Crippen LogP) is 5.21. The van der Waals surface area contributed by atoms with E-state index in [0.29, 0.717) is 0 Å². The highest BCUT2D eigenvalue weighted by molar-refractivity contribution is 14.1. The van der Waals surface area contributed by atoms with E-state index in [9.17, 15) is 0 Å². The summed E-state index contributed by atoms with van der Waals surface area (Å²) in [7, 11) is 6.62. The first-order chi connectivity index (χ1) is 11.4. The van der Waals surface area contributed by atoms with Gasteiger partial charge < -0.3 is 18.9 Å². The minimum absolute atomic E-state index is 0.733. The monoisotopic (exact) mass is 554 g/mol. The van der Waals surface area contributed by atoms with Crippen LogP contribution >= 0.6 is 45.2 Å². The quantitative estimate of drug-likeness (QED) is 0.476. The van der Waals surface area contributed by atoms with Gasteiger partial charge >= 0.3 is 0 Å². The van der Waals surface area contributed by atoms with Crippen molar-refractivity contribution in [1.82, 2.24) is 0 Å². The second kappa shape index (κ2) is 7.99. The van der Waals surface area contributed by atoms with Gasteiger partial charge in [0.25, 0.3) is 0 Å². The summed E-state index contributed by atoms with van der Waals surface area (Å²) in [6, 6.07) is 3.99. The highest BCUT2D eigenvalue weighted by atomic mass is 127. The molecule has 24 heavy (non-hydrogen) atoms. The molecule has 0 aliphatic rings. The molecule has 0 atom stereocenters. The Morgan fingerprint density at radius 2 is 0.958 bits per heavy atom. The molecule has 0 heterocycles. The Morgan fingerprint density at radius 3 is 1.21 bits per heavy atom. The fraction of sp³-hybridized carbons (Fsp3) is 0.333. The maximum absolute atomic E-state index is 5.58. The number of benzene rings is 2. The van der Waals surface area contributed by atoms with E-state index in [-0.39, 0.29) is 0 Å². The molecule has 4 nitrogen and oxygen atoms in total. The second-order valence-corrected chi connectivity index (χ2v) is 7.51. The Hall–Kier alpha value is -0.900. The molecule has 0 aliphatic heterocycles. The maximum Gasteiger partial charge on any atom is 0.164 e. The zero-order chi connectivity index (χ0) is 18.0. The standard InChI is InChI=1S/C18H20I2O4/c1-9-15(11(19)7-13(21-3)17(9)23-5)16-10(2)18(24-6)14(22-4)8-12(16)20/h7-8H,1-6H3. The van der Waals surface area contributed by atoms with Gasteiger partial charge in [0.1, 0.15) is 0 Å². The molecule has 0 aromatic heterocycles. The lowest BCUT2D eigenvalue weighted by atomic mass is 9.95. The summed E-state index contributed by atoms with van der Waals surface area (Å²) in [5, 5.41) is 0. The van der Waals surface area contributed by atoms with Crippen molar-refractivity contribution >= 4 is 45.2 Å². The fourth-order valence-corrected chi connectivity index (χ4v) is 4.80. The lowest BCUT2D eigenvalue weighted by Crippen LogP contribution is -2.02. The van der Waals surface area contributed by atoms with Crippen LogP contribution in [-0.4, -0.2) is 28.4 Å². The van der Waals surface area contributed by atoms with Crippen LogP contribution in [-0.2, 0) is 0 Å². The Kier molecular flexibility index (Phi) is 6.46. The number of methoxy groups -OCH3 is 4. The molecule has 0 unspecified atom stereocenters. The van der Waals surface area contributed by atoms with Gasteiger partial charge in [0.2, 0.25) is 0 Å². The summed E-state index contributed by atoms with van der Waals surface area (Å²) >= 11 is 4.67. The van der Waals surface area contributed by atoms with E-state index in [4.69, 9.17) is 18.9 Å². The van der Waals surface area contributed by atoms with Gasteiger partial charge in [-0.05, 0) is 71.2 Å². The summed E-state index contributed by atoms with van der Waals surface area (Å²) in [6.07, 6.45) is 0. The minimum Gasteiger partial charge on any atom is -0.493 e. The van der Waals surface area contributed by atoms with Crippen LogP contribution < -0.4 is 18.9 Å². The van der Waals surface area contributed by atoms with Crippen LogP contribution in [0.3, 0.4) is 0 Å². The van der Waals surface area contributed by atoms with Gasteiger partial charge in [0.05, 0.1) is 28.4 Å².